The van der Waals surface area contributed by atoms with Gasteiger partial charge in [-0.05, 0) is 46.8 Å². The number of ether oxygens (including phenoxy) is 1. The zero-order valence-corrected chi connectivity index (χ0v) is 15.0. The first-order valence-electron chi connectivity index (χ1n) is 7.34. The molecule has 0 saturated carbocycles. The third-order valence-electron chi connectivity index (χ3n) is 2.69. The molecule has 1 atom stereocenters. The van der Waals surface area contributed by atoms with Crippen LogP contribution in [-0.2, 0) is 14.3 Å². The van der Waals surface area contributed by atoms with Crippen molar-refractivity contribution in [1.82, 2.24) is 5.32 Å². The van der Waals surface area contributed by atoms with E-state index >= 15 is 0 Å². The standard InChI is InChI=1S/C17H23NO4S/c1-11(19)10-23-14-9-7-6-8-13(14)16(21)22-12(2)15(20)18-17(3,4)5/h6-9,12H,10H2,1-5H3,(H,18,20)/t12-/m0/s1. The van der Waals surface area contributed by atoms with Crippen molar-refractivity contribution in [2.75, 3.05) is 5.75 Å². The second-order valence-corrected chi connectivity index (χ2v) is 7.29. The Morgan fingerprint density at radius 1 is 1.22 bits per heavy atom. The normalized spacial score (nSPS) is 12.4. The summed E-state index contributed by atoms with van der Waals surface area (Å²) in [6, 6.07) is 6.88. The van der Waals surface area contributed by atoms with E-state index < -0.39 is 17.6 Å². The molecule has 1 rings (SSSR count). The van der Waals surface area contributed by atoms with Gasteiger partial charge in [-0.3, -0.25) is 9.59 Å². The largest absolute Gasteiger partial charge is 0.449 e. The number of benzene rings is 1. The summed E-state index contributed by atoms with van der Waals surface area (Å²) in [6.07, 6.45) is -0.896. The molecular weight excluding hydrogens is 314 g/mol. The average Bonchev–Trinajstić information content (AvgIpc) is 2.43. The molecule has 0 unspecified atom stereocenters. The lowest BCUT2D eigenvalue weighted by Crippen LogP contribution is -2.46. The number of amides is 1. The maximum absolute atomic E-state index is 12.3. The number of nitrogens with one attached hydrogen (secondary N) is 1. The van der Waals surface area contributed by atoms with Crippen molar-refractivity contribution in [3.05, 3.63) is 29.8 Å². The van der Waals surface area contributed by atoms with Gasteiger partial charge in [-0.15, -0.1) is 11.8 Å². The van der Waals surface area contributed by atoms with E-state index in [1.807, 2.05) is 20.8 Å². The summed E-state index contributed by atoms with van der Waals surface area (Å²) in [6.45, 7) is 8.59. The van der Waals surface area contributed by atoms with Crippen molar-refractivity contribution >= 4 is 29.4 Å². The molecule has 0 aromatic heterocycles. The van der Waals surface area contributed by atoms with Gasteiger partial charge in [0.2, 0.25) is 0 Å². The van der Waals surface area contributed by atoms with Crippen LogP contribution in [0.3, 0.4) is 0 Å². The summed E-state index contributed by atoms with van der Waals surface area (Å²) in [5.41, 5.74) is -0.0401. The van der Waals surface area contributed by atoms with Crippen molar-refractivity contribution in [3.63, 3.8) is 0 Å². The van der Waals surface area contributed by atoms with Crippen LogP contribution in [0.4, 0.5) is 0 Å². The Morgan fingerprint density at radius 2 is 1.83 bits per heavy atom. The number of hydrogen-bond donors (Lipinski definition) is 1. The van der Waals surface area contributed by atoms with Gasteiger partial charge in [-0.1, -0.05) is 12.1 Å². The van der Waals surface area contributed by atoms with Gasteiger partial charge < -0.3 is 10.1 Å². The minimum Gasteiger partial charge on any atom is -0.449 e. The Balaban J connectivity index is 2.78. The van der Waals surface area contributed by atoms with E-state index in [1.54, 1.807) is 24.3 Å². The highest BCUT2D eigenvalue weighted by Crippen LogP contribution is 2.23. The molecular formula is C17H23NO4S. The first kappa shape index (κ1) is 19.2. The SMILES string of the molecule is CC(=O)CSc1ccccc1C(=O)O[C@@H](C)C(=O)NC(C)(C)C. The summed E-state index contributed by atoms with van der Waals surface area (Å²) in [5, 5.41) is 2.76. The molecule has 0 aliphatic heterocycles. The Kier molecular flexibility index (Phi) is 6.81. The van der Waals surface area contributed by atoms with Crippen molar-refractivity contribution in [1.29, 1.82) is 0 Å². The van der Waals surface area contributed by atoms with Gasteiger partial charge in [-0.25, -0.2) is 4.79 Å². The molecule has 23 heavy (non-hydrogen) atoms. The lowest BCUT2D eigenvalue weighted by atomic mass is 10.1. The van der Waals surface area contributed by atoms with Crippen LogP contribution in [0.5, 0.6) is 0 Å². The second-order valence-electron chi connectivity index (χ2n) is 6.27. The molecule has 0 spiro atoms. The van der Waals surface area contributed by atoms with Gasteiger partial charge in [0.15, 0.2) is 6.10 Å². The topological polar surface area (TPSA) is 72.5 Å². The van der Waals surface area contributed by atoms with Crippen LogP contribution < -0.4 is 5.32 Å². The van der Waals surface area contributed by atoms with Crippen LogP contribution in [0.25, 0.3) is 0 Å². The predicted octanol–water partition coefficient (Wildman–Crippen LogP) is 2.83. The number of esters is 1. The molecule has 0 saturated heterocycles. The molecule has 6 heteroatoms. The van der Waals surface area contributed by atoms with Gasteiger partial charge in [0, 0.05) is 10.4 Å². The summed E-state index contributed by atoms with van der Waals surface area (Å²) in [4.78, 5) is 36.0. The smallest absolute Gasteiger partial charge is 0.340 e. The fraction of sp³-hybridized carbons (Fsp3) is 0.471. The molecule has 1 amide bonds. The predicted molar refractivity (Wildman–Crippen MR) is 90.6 cm³/mol. The molecule has 1 aromatic rings. The highest BCUT2D eigenvalue weighted by Gasteiger charge is 2.24. The summed E-state index contributed by atoms with van der Waals surface area (Å²) >= 11 is 1.28. The van der Waals surface area contributed by atoms with Crippen LogP contribution in [0.1, 0.15) is 45.0 Å². The molecule has 126 valence electrons. The van der Waals surface area contributed by atoms with E-state index in [-0.39, 0.29) is 17.4 Å². The van der Waals surface area contributed by atoms with E-state index in [1.165, 1.54) is 25.6 Å². The molecule has 0 fully saturated rings. The van der Waals surface area contributed by atoms with Crippen LogP contribution in [0.15, 0.2) is 29.2 Å². The van der Waals surface area contributed by atoms with Crippen molar-refractivity contribution in [2.45, 2.75) is 51.2 Å². The number of rotatable bonds is 6. The maximum Gasteiger partial charge on any atom is 0.340 e. The summed E-state index contributed by atoms with van der Waals surface area (Å²) < 4.78 is 5.24. The second kappa shape index (κ2) is 8.15. The monoisotopic (exact) mass is 337 g/mol. The minimum absolute atomic E-state index is 0.0242. The molecule has 1 aromatic carbocycles. The number of ketones is 1. The van der Waals surface area contributed by atoms with Gasteiger partial charge in [-0.2, -0.15) is 0 Å². The molecule has 0 aliphatic carbocycles. The fourth-order valence-electron chi connectivity index (χ4n) is 1.69. The molecule has 0 heterocycles. The highest BCUT2D eigenvalue weighted by molar-refractivity contribution is 8.00. The first-order chi connectivity index (χ1) is 10.6. The number of hydrogen-bond acceptors (Lipinski definition) is 5. The fourth-order valence-corrected chi connectivity index (χ4v) is 2.53. The van der Waals surface area contributed by atoms with Crippen molar-refractivity contribution in [3.8, 4) is 0 Å². The number of carbonyl (C=O) groups is 3. The van der Waals surface area contributed by atoms with E-state index in [2.05, 4.69) is 5.32 Å². The van der Waals surface area contributed by atoms with Gasteiger partial charge in [0.05, 0.1) is 11.3 Å². The van der Waals surface area contributed by atoms with Gasteiger partial charge in [0.1, 0.15) is 5.78 Å². The number of Topliss-reactive ketones (excluding diaryl/α,β-unsaturated/α-hetero) is 1. The molecule has 0 bridgehead atoms. The average molecular weight is 337 g/mol. The number of thioether (sulfide) groups is 1. The Labute approximate surface area is 141 Å². The highest BCUT2D eigenvalue weighted by atomic mass is 32.2. The zero-order valence-electron chi connectivity index (χ0n) is 14.1. The van der Waals surface area contributed by atoms with Crippen LogP contribution in [0.2, 0.25) is 0 Å². The van der Waals surface area contributed by atoms with Crippen LogP contribution in [0, 0.1) is 0 Å². The van der Waals surface area contributed by atoms with Crippen LogP contribution >= 0.6 is 11.8 Å². The van der Waals surface area contributed by atoms with Crippen molar-refractivity contribution in [2.24, 2.45) is 0 Å². The third-order valence-corrected chi connectivity index (χ3v) is 3.91. The number of carbonyl (C=O) groups excluding carboxylic acids is 3. The van der Waals surface area contributed by atoms with E-state index in [0.29, 0.717) is 10.5 Å². The van der Waals surface area contributed by atoms with E-state index in [4.69, 9.17) is 4.74 Å². The van der Waals surface area contributed by atoms with Gasteiger partial charge >= 0.3 is 5.97 Å². The van der Waals surface area contributed by atoms with E-state index in [9.17, 15) is 14.4 Å². The van der Waals surface area contributed by atoms with Crippen molar-refractivity contribution < 1.29 is 19.1 Å². The van der Waals surface area contributed by atoms with E-state index in [0.717, 1.165) is 0 Å². The van der Waals surface area contributed by atoms with Crippen LogP contribution in [-0.4, -0.2) is 35.1 Å². The lowest BCUT2D eigenvalue weighted by Gasteiger charge is -2.23. The molecule has 1 N–H and O–H groups in total. The quantitative estimate of drug-likeness (QED) is 0.638. The molecule has 0 aliphatic rings. The first-order valence-corrected chi connectivity index (χ1v) is 8.33. The maximum atomic E-state index is 12.3. The zero-order chi connectivity index (χ0) is 17.6. The van der Waals surface area contributed by atoms with Gasteiger partial charge in [0.25, 0.3) is 5.91 Å². The Morgan fingerprint density at radius 3 is 2.39 bits per heavy atom. The molecule has 5 nitrogen and oxygen atoms in total. The Bertz CT molecular complexity index is 593. The summed E-state index contributed by atoms with van der Waals surface area (Å²) in [7, 11) is 0. The Hall–Kier alpha value is -1.82. The summed E-state index contributed by atoms with van der Waals surface area (Å²) in [5.74, 6) is -0.617. The minimum atomic E-state index is -0.896. The molecule has 0 radical (unpaired) electrons. The lowest BCUT2D eigenvalue weighted by molar-refractivity contribution is -0.130. The third kappa shape index (κ3) is 6.86.